The fraction of sp³-hybridized carbons (Fsp3) is 0.214. The maximum Gasteiger partial charge on any atom is 0.128 e. The summed E-state index contributed by atoms with van der Waals surface area (Å²) in [7, 11) is 0. The van der Waals surface area contributed by atoms with Crippen LogP contribution in [0.3, 0.4) is 0 Å². The molecule has 2 rings (SSSR count). The van der Waals surface area contributed by atoms with E-state index >= 15 is 0 Å². The summed E-state index contributed by atoms with van der Waals surface area (Å²) in [6.45, 7) is 1.98. The lowest BCUT2D eigenvalue weighted by Gasteiger charge is -2.20. The van der Waals surface area contributed by atoms with Crippen molar-refractivity contribution in [3.8, 4) is 0 Å². The number of nitrogen functional groups attached to an aromatic ring is 1. The molecule has 0 bridgehead atoms. The van der Waals surface area contributed by atoms with E-state index < -0.39 is 0 Å². The van der Waals surface area contributed by atoms with Crippen LogP contribution in [-0.4, -0.2) is 4.98 Å². The van der Waals surface area contributed by atoms with Crippen LogP contribution in [-0.2, 0) is 6.42 Å². The van der Waals surface area contributed by atoms with E-state index in [1.807, 2.05) is 25.1 Å². The normalized spacial score (nSPS) is 12.4. The Morgan fingerprint density at radius 1 is 1.25 bits per heavy atom. The van der Waals surface area contributed by atoms with Crippen molar-refractivity contribution in [2.24, 2.45) is 5.84 Å². The van der Waals surface area contributed by atoms with Gasteiger partial charge in [-0.15, -0.1) is 0 Å². The van der Waals surface area contributed by atoms with Crippen LogP contribution in [0.1, 0.15) is 22.7 Å². The quantitative estimate of drug-likeness (QED) is 0.599. The van der Waals surface area contributed by atoms with E-state index in [-0.39, 0.29) is 6.04 Å². The molecule has 1 aromatic carbocycles. The Labute approximate surface area is 128 Å². The summed E-state index contributed by atoms with van der Waals surface area (Å²) in [6.07, 6.45) is 2.32. The van der Waals surface area contributed by atoms with Gasteiger partial charge in [0, 0.05) is 11.8 Å². The molecule has 0 aliphatic carbocycles. The summed E-state index contributed by atoms with van der Waals surface area (Å²) >= 11 is 11.9. The molecule has 4 nitrogen and oxygen atoms in total. The summed E-state index contributed by atoms with van der Waals surface area (Å²) in [4.78, 5) is 4.12. The number of halogens is 2. The van der Waals surface area contributed by atoms with Gasteiger partial charge in [-0.3, -0.25) is 11.3 Å². The number of benzene rings is 1. The summed E-state index contributed by atoms with van der Waals surface area (Å²) in [5.41, 5.74) is 11.7. The van der Waals surface area contributed by atoms with Gasteiger partial charge in [0.15, 0.2) is 0 Å². The standard InChI is InChI=1S/C14H16Cl2N4/c1-8-4-5-19-14(17)13(8)12(20-18)7-9-2-3-10(15)11(16)6-9/h2-6,12,20H,7,18H2,1H3,(H2,17,19). The van der Waals surface area contributed by atoms with E-state index in [9.17, 15) is 0 Å². The monoisotopic (exact) mass is 310 g/mol. The van der Waals surface area contributed by atoms with E-state index in [1.165, 1.54) is 0 Å². The predicted octanol–water partition coefficient (Wildman–Crippen LogP) is 3.03. The largest absolute Gasteiger partial charge is 0.383 e. The van der Waals surface area contributed by atoms with Crippen LogP contribution in [0, 0.1) is 6.92 Å². The number of nitrogens with zero attached hydrogens (tertiary/aromatic N) is 1. The fourth-order valence-electron chi connectivity index (χ4n) is 2.19. The molecule has 1 atom stereocenters. The molecular formula is C14H16Cl2N4. The van der Waals surface area contributed by atoms with Crippen LogP contribution in [0.4, 0.5) is 5.82 Å². The Morgan fingerprint density at radius 3 is 2.60 bits per heavy atom. The SMILES string of the molecule is Cc1ccnc(N)c1C(Cc1ccc(Cl)c(Cl)c1)NN. The molecule has 0 radical (unpaired) electrons. The van der Waals surface area contributed by atoms with E-state index in [2.05, 4.69) is 10.4 Å². The second kappa shape index (κ2) is 6.41. The third kappa shape index (κ3) is 3.22. The molecule has 0 spiro atoms. The van der Waals surface area contributed by atoms with Crippen molar-refractivity contribution in [1.82, 2.24) is 10.4 Å². The van der Waals surface area contributed by atoms with Gasteiger partial charge in [0.1, 0.15) is 5.82 Å². The number of aryl methyl sites for hydroxylation is 1. The molecule has 20 heavy (non-hydrogen) atoms. The smallest absolute Gasteiger partial charge is 0.128 e. The number of hydrazine groups is 1. The number of rotatable bonds is 4. The van der Waals surface area contributed by atoms with Crippen molar-refractivity contribution in [2.45, 2.75) is 19.4 Å². The first kappa shape index (κ1) is 15.1. The molecule has 0 saturated carbocycles. The average Bonchev–Trinajstić information content (AvgIpc) is 2.41. The number of nitrogens with two attached hydrogens (primary N) is 2. The Balaban J connectivity index is 2.31. The number of hydrogen-bond donors (Lipinski definition) is 3. The summed E-state index contributed by atoms with van der Waals surface area (Å²) in [5, 5.41) is 1.06. The van der Waals surface area contributed by atoms with Gasteiger partial charge in [-0.25, -0.2) is 4.98 Å². The van der Waals surface area contributed by atoms with Crippen LogP contribution in [0.2, 0.25) is 10.0 Å². The van der Waals surface area contributed by atoms with Gasteiger partial charge in [-0.2, -0.15) is 0 Å². The topological polar surface area (TPSA) is 77.0 Å². The molecule has 1 aromatic heterocycles. The third-order valence-corrected chi connectivity index (χ3v) is 3.95. The van der Waals surface area contributed by atoms with Crippen molar-refractivity contribution in [3.05, 3.63) is 57.2 Å². The lowest BCUT2D eigenvalue weighted by atomic mass is 9.96. The zero-order chi connectivity index (χ0) is 14.7. The van der Waals surface area contributed by atoms with E-state index in [1.54, 1.807) is 12.3 Å². The molecule has 106 valence electrons. The number of nitrogens with one attached hydrogen (secondary N) is 1. The first-order valence-corrected chi connectivity index (χ1v) is 6.89. The van der Waals surface area contributed by atoms with Gasteiger partial charge in [0.05, 0.1) is 16.1 Å². The van der Waals surface area contributed by atoms with Gasteiger partial charge >= 0.3 is 0 Å². The molecule has 0 saturated heterocycles. The molecule has 2 aromatic rings. The highest BCUT2D eigenvalue weighted by atomic mass is 35.5. The summed E-state index contributed by atoms with van der Waals surface area (Å²) in [5.74, 6) is 6.15. The number of pyridine rings is 1. The van der Waals surface area contributed by atoms with Crippen molar-refractivity contribution in [1.29, 1.82) is 0 Å². The highest BCUT2D eigenvalue weighted by Crippen LogP contribution is 2.28. The Kier molecular flexibility index (Phi) is 4.83. The van der Waals surface area contributed by atoms with Gasteiger partial charge in [0.25, 0.3) is 0 Å². The zero-order valence-electron chi connectivity index (χ0n) is 11.0. The summed E-state index contributed by atoms with van der Waals surface area (Å²) in [6, 6.07) is 7.29. The Hall–Kier alpha value is -1.33. The average molecular weight is 311 g/mol. The number of aromatic nitrogens is 1. The van der Waals surface area contributed by atoms with E-state index in [0.717, 1.165) is 16.7 Å². The molecule has 0 fully saturated rings. The minimum absolute atomic E-state index is 0.138. The maximum atomic E-state index is 6.03. The molecule has 1 heterocycles. The van der Waals surface area contributed by atoms with Gasteiger partial charge in [-0.1, -0.05) is 29.3 Å². The van der Waals surface area contributed by atoms with Crippen LogP contribution in [0.5, 0.6) is 0 Å². The minimum Gasteiger partial charge on any atom is -0.383 e. The minimum atomic E-state index is -0.138. The van der Waals surface area contributed by atoms with Crippen molar-refractivity contribution >= 4 is 29.0 Å². The highest BCUT2D eigenvalue weighted by Gasteiger charge is 2.17. The highest BCUT2D eigenvalue weighted by molar-refractivity contribution is 6.42. The van der Waals surface area contributed by atoms with Gasteiger partial charge < -0.3 is 5.73 Å². The lowest BCUT2D eigenvalue weighted by Crippen LogP contribution is -2.31. The Morgan fingerprint density at radius 2 is 2.00 bits per heavy atom. The molecule has 5 N–H and O–H groups in total. The summed E-state index contributed by atoms with van der Waals surface area (Å²) < 4.78 is 0. The molecule has 0 amide bonds. The molecule has 0 aliphatic rings. The predicted molar refractivity (Wildman–Crippen MR) is 83.6 cm³/mol. The van der Waals surface area contributed by atoms with Gasteiger partial charge in [0.2, 0.25) is 0 Å². The second-order valence-corrected chi connectivity index (χ2v) is 5.41. The van der Waals surface area contributed by atoms with E-state index in [4.69, 9.17) is 34.8 Å². The van der Waals surface area contributed by atoms with Crippen molar-refractivity contribution in [2.75, 3.05) is 5.73 Å². The van der Waals surface area contributed by atoms with Crippen LogP contribution < -0.4 is 17.0 Å². The number of anilines is 1. The first-order chi connectivity index (χ1) is 9.52. The Bertz CT molecular complexity index is 596. The van der Waals surface area contributed by atoms with Crippen molar-refractivity contribution < 1.29 is 0 Å². The van der Waals surface area contributed by atoms with Crippen LogP contribution in [0.25, 0.3) is 0 Å². The molecule has 0 aliphatic heterocycles. The van der Waals surface area contributed by atoms with Gasteiger partial charge in [-0.05, 0) is 42.7 Å². The molecule has 1 unspecified atom stereocenters. The number of hydrogen-bond acceptors (Lipinski definition) is 4. The second-order valence-electron chi connectivity index (χ2n) is 4.60. The maximum absolute atomic E-state index is 6.03. The zero-order valence-corrected chi connectivity index (χ0v) is 12.5. The first-order valence-electron chi connectivity index (χ1n) is 6.14. The molecule has 6 heteroatoms. The lowest BCUT2D eigenvalue weighted by molar-refractivity contribution is 0.549. The third-order valence-electron chi connectivity index (χ3n) is 3.21. The van der Waals surface area contributed by atoms with E-state index in [0.29, 0.717) is 22.3 Å². The molecular weight excluding hydrogens is 295 g/mol. The van der Waals surface area contributed by atoms with Crippen molar-refractivity contribution in [3.63, 3.8) is 0 Å². The fourth-order valence-corrected chi connectivity index (χ4v) is 2.51. The van der Waals surface area contributed by atoms with Crippen LogP contribution in [0.15, 0.2) is 30.5 Å². The van der Waals surface area contributed by atoms with Crippen LogP contribution >= 0.6 is 23.2 Å².